The van der Waals surface area contributed by atoms with Crippen LogP contribution < -0.4 is 4.90 Å². The molecule has 4 heteroatoms. The zero-order valence-electron chi connectivity index (χ0n) is 11.2. The number of rotatable bonds is 3. The van der Waals surface area contributed by atoms with Crippen molar-refractivity contribution in [2.75, 3.05) is 11.4 Å². The molecule has 2 atom stereocenters. The van der Waals surface area contributed by atoms with Crippen LogP contribution in [0.4, 0.5) is 5.82 Å². The Morgan fingerprint density at radius 3 is 2.80 bits per heavy atom. The van der Waals surface area contributed by atoms with Gasteiger partial charge in [-0.05, 0) is 18.4 Å². The van der Waals surface area contributed by atoms with Crippen LogP contribution in [0.1, 0.15) is 24.3 Å². The maximum absolute atomic E-state index is 9.59. The van der Waals surface area contributed by atoms with E-state index in [9.17, 15) is 5.26 Å². The van der Waals surface area contributed by atoms with Crippen LogP contribution in [0.2, 0.25) is 0 Å². The molecule has 100 valence electrons. The molecule has 0 saturated carbocycles. The van der Waals surface area contributed by atoms with E-state index in [0.29, 0.717) is 0 Å². The molecule has 0 N–H and O–H groups in total. The van der Waals surface area contributed by atoms with Gasteiger partial charge in [-0.1, -0.05) is 30.3 Å². The Morgan fingerprint density at radius 1 is 1.25 bits per heavy atom. The second kappa shape index (κ2) is 5.70. The summed E-state index contributed by atoms with van der Waals surface area (Å²) in [4.78, 5) is 10.7. The molecule has 1 aliphatic rings. The number of nitriles is 1. The normalized spacial score (nSPS) is 19.6. The lowest BCUT2D eigenvalue weighted by atomic mass is 9.91. The minimum atomic E-state index is -0.124. The summed E-state index contributed by atoms with van der Waals surface area (Å²) in [6, 6.07) is 12.7. The van der Waals surface area contributed by atoms with Crippen LogP contribution in [0, 0.1) is 11.3 Å². The first-order valence-corrected chi connectivity index (χ1v) is 6.87. The first kappa shape index (κ1) is 12.6. The van der Waals surface area contributed by atoms with Gasteiger partial charge in [0.05, 0.1) is 24.2 Å². The molecule has 3 rings (SSSR count). The second-order valence-corrected chi connectivity index (χ2v) is 4.98. The van der Waals surface area contributed by atoms with Gasteiger partial charge in [-0.25, -0.2) is 4.98 Å². The average molecular weight is 264 g/mol. The van der Waals surface area contributed by atoms with Crippen LogP contribution in [0.25, 0.3) is 0 Å². The second-order valence-electron chi connectivity index (χ2n) is 4.98. The third kappa shape index (κ3) is 2.35. The molecule has 20 heavy (non-hydrogen) atoms. The maximum atomic E-state index is 9.59. The van der Waals surface area contributed by atoms with Crippen molar-refractivity contribution in [3.63, 3.8) is 0 Å². The highest BCUT2D eigenvalue weighted by molar-refractivity contribution is 5.42. The van der Waals surface area contributed by atoms with Crippen LogP contribution in [-0.2, 0) is 0 Å². The van der Waals surface area contributed by atoms with Crippen molar-refractivity contribution in [3.8, 4) is 6.07 Å². The van der Waals surface area contributed by atoms with E-state index in [1.165, 1.54) is 0 Å². The third-order valence-electron chi connectivity index (χ3n) is 3.83. The smallest absolute Gasteiger partial charge is 0.147 e. The van der Waals surface area contributed by atoms with Gasteiger partial charge in [0.15, 0.2) is 0 Å². The first-order chi connectivity index (χ1) is 9.90. The van der Waals surface area contributed by atoms with Crippen molar-refractivity contribution < 1.29 is 0 Å². The molecule has 0 radical (unpaired) electrons. The van der Waals surface area contributed by atoms with Crippen molar-refractivity contribution in [2.24, 2.45) is 0 Å². The highest BCUT2D eigenvalue weighted by atomic mass is 15.2. The van der Waals surface area contributed by atoms with E-state index in [1.807, 2.05) is 30.3 Å². The van der Waals surface area contributed by atoms with Gasteiger partial charge < -0.3 is 4.90 Å². The van der Waals surface area contributed by atoms with Gasteiger partial charge in [-0.15, -0.1) is 0 Å². The fourth-order valence-electron chi connectivity index (χ4n) is 2.91. The molecule has 1 aliphatic heterocycles. The molecule has 2 heterocycles. The van der Waals surface area contributed by atoms with E-state index < -0.39 is 0 Å². The highest BCUT2D eigenvalue weighted by Gasteiger charge is 2.33. The van der Waals surface area contributed by atoms with E-state index in [2.05, 4.69) is 20.9 Å². The summed E-state index contributed by atoms with van der Waals surface area (Å²) < 4.78 is 0. The summed E-state index contributed by atoms with van der Waals surface area (Å²) in [6.07, 6.45) is 7.26. The number of anilines is 1. The van der Waals surface area contributed by atoms with Crippen molar-refractivity contribution in [3.05, 3.63) is 54.5 Å². The predicted octanol–water partition coefficient (Wildman–Crippen LogP) is 2.75. The molecule has 2 aromatic rings. The predicted molar refractivity (Wildman–Crippen MR) is 77.2 cm³/mol. The van der Waals surface area contributed by atoms with Gasteiger partial charge in [0, 0.05) is 18.9 Å². The van der Waals surface area contributed by atoms with Crippen LogP contribution in [-0.4, -0.2) is 22.6 Å². The van der Waals surface area contributed by atoms with Crippen LogP contribution in [0.15, 0.2) is 48.9 Å². The lowest BCUT2D eigenvalue weighted by molar-refractivity contribution is 0.607. The maximum Gasteiger partial charge on any atom is 0.147 e. The summed E-state index contributed by atoms with van der Waals surface area (Å²) in [7, 11) is 0. The first-order valence-electron chi connectivity index (χ1n) is 6.87. The third-order valence-corrected chi connectivity index (χ3v) is 3.83. The van der Waals surface area contributed by atoms with Crippen molar-refractivity contribution in [1.82, 2.24) is 9.97 Å². The number of benzene rings is 1. The SMILES string of the molecule is N#CC(c1ccccc1)C1CCCN1c1cnccn1. The summed E-state index contributed by atoms with van der Waals surface area (Å²) in [6.45, 7) is 0.939. The molecule has 2 unspecified atom stereocenters. The summed E-state index contributed by atoms with van der Waals surface area (Å²) in [5.74, 6) is 0.742. The van der Waals surface area contributed by atoms with Gasteiger partial charge >= 0.3 is 0 Å². The lowest BCUT2D eigenvalue weighted by Crippen LogP contribution is -2.34. The molecular weight excluding hydrogens is 248 g/mol. The Balaban J connectivity index is 1.90. The fourth-order valence-corrected chi connectivity index (χ4v) is 2.91. The molecule has 0 spiro atoms. The van der Waals surface area contributed by atoms with Crippen LogP contribution in [0.5, 0.6) is 0 Å². The van der Waals surface area contributed by atoms with Crippen LogP contribution >= 0.6 is 0 Å². The molecule has 0 amide bonds. The molecule has 0 aliphatic carbocycles. The standard InChI is InChI=1S/C16H16N4/c17-11-14(13-5-2-1-3-6-13)15-7-4-10-20(15)16-12-18-8-9-19-16/h1-3,5-6,8-9,12,14-15H,4,7,10H2. The average Bonchev–Trinajstić information content (AvgIpc) is 2.99. The van der Waals surface area contributed by atoms with Gasteiger partial charge in [0.1, 0.15) is 5.82 Å². The highest BCUT2D eigenvalue weighted by Crippen LogP contribution is 2.33. The minimum absolute atomic E-state index is 0.124. The summed E-state index contributed by atoms with van der Waals surface area (Å²) in [5.41, 5.74) is 1.08. The van der Waals surface area contributed by atoms with Gasteiger partial charge in [0.2, 0.25) is 0 Å². The fraction of sp³-hybridized carbons (Fsp3) is 0.312. The Bertz CT molecular complexity index is 591. The van der Waals surface area contributed by atoms with Crippen molar-refractivity contribution >= 4 is 5.82 Å². The topological polar surface area (TPSA) is 52.8 Å². The zero-order valence-corrected chi connectivity index (χ0v) is 11.2. The van der Waals surface area contributed by atoms with Crippen LogP contribution in [0.3, 0.4) is 0 Å². The van der Waals surface area contributed by atoms with E-state index in [4.69, 9.17) is 0 Å². The van der Waals surface area contributed by atoms with E-state index in [1.54, 1.807) is 18.6 Å². The largest absolute Gasteiger partial charge is 0.351 e. The molecular formula is C16H16N4. The van der Waals surface area contributed by atoms with E-state index in [-0.39, 0.29) is 12.0 Å². The summed E-state index contributed by atoms with van der Waals surface area (Å²) in [5, 5.41) is 9.59. The summed E-state index contributed by atoms with van der Waals surface area (Å²) >= 11 is 0. The quantitative estimate of drug-likeness (QED) is 0.855. The molecule has 1 aromatic heterocycles. The van der Waals surface area contributed by atoms with E-state index in [0.717, 1.165) is 30.8 Å². The molecule has 0 bridgehead atoms. The molecule has 4 nitrogen and oxygen atoms in total. The van der Waals surface area contributed by atoms with Crippen molar-refractivity contribution in [1.29, 1.82) is 5.26 Å². The molecule has 1 aromatic carbocycles. The monoisotopic (exact) mass is 264 g/mol. The Morgan fingerprint density at radius 2 is 2.10 bits per heavy atom. The Kier molecular flexibility index (Phi) is 3.60. The lowest BCUT2D eigenvalue weighted by Gasteiger charge is -2.28. The molecule has 1 saturated heterocycles. The van der Waals surface area contributed by atoms with E-state index >= 15 is 0 Å². The van der Waals surface area contributed by atoms with Gasteiger partial charge in [-0.3, -0.25) is 4.98 Å². The number of nitrogens with zero attached hydrogens (tertiary/aromatic N) is 4. The van der Waals surface area contributed by atoms with Gasteiger partial charge in [-0.2, -0.15) is 5.26 Å². The Labute approximate surface area is 118 Å². The minimum Gasteiger partial charge on any atom is -0.351 e. The zero-order chi connectivity index (χ0) is 13.8. The van der Waals surface area contributed by atoms with Crippen molar-refractivity contribution in [2.45, 2.75) is 24.8 Å². The molecule has 1 fully saturated rings. The number of hydrogen-bond donors (Lipinski definition) is 0. The Hall–Kier alpha value is -2.41. The number of aromatic nitrogens is 2. The van der Waals surface area contributed by atoms with Gasteiger partial charge in [0.25, 0.3) is 0 Å². The number of hydrogen-bond acceptors (Lipinski definition) is 4.